The first-order chi connectivity index (χ1) is 12.7. The van der Waals surface area contributed by atoms with Gasteiger partial charge in [-0.1, -0.05) is 35.5 Å². The summed E-state index contributed by atoms with van der Waals surface area (Å²) >= 11 is 0. The monoisotopic (exact) mass is 348 g/mol. The maximum atomic E-state index is 12.4. The van der Waals surface area contributed by atoms with E-state index in [-0.39, 0.29) is 5.91 Å². The van der Waals surface area contributed by atoms with Crippen molar-refractivity contribution >= 4 is 11.6 Å². The lowest BCUT2D eigenvalue weighted by atomic mass is 10.0. The van der Waals surface area contributed by atoms with E-state index in [1.807, 2.05) is 36.4 Å². The normalized spacial score (nSPS) is 13.4. The van der Waals surface area contributed by atoms with Gasteiger partial charge in [-0.3, -0.25) is 4.79 Å². The Bertz CT molecular complexity index is 914. The summed E-state index contributed by atoms with van der Waals surface area (Å²) in [6, 6.07) is 17.5. The first-order valence-corrected chi connectivity index (χ1v) is 8.72. The number of nitrogens with one attached hydrogen (secondary N) is 1. The number of aromatic nitrogens is 1. The largest absolute Gasteiger partial charge is 0.496 e. The van der Waals surface area contributed by atoms with Crippen LogP contribution in [0.2, 0.25) is 0 Å². The second kappa shape index (κ2) is 7.04. The molecule has 1 aliphatic carbocycles. The number of anilines is 1. The van der Waals surface area contributed by atoms with Crippen molar-refractivity contribution in [1.82, 2.24) is 5.16 Å². The van der Waals surface area contributed by atoms with Gasteiger partial charge in [0.15, 0.2) is 5.69 Å². The third-order valence-electron chi connectivity index (χ3n) is 4.52. The fourth-order valence-electron chi connectivity index (χ4n) is 2.96. The van der Waals surface area contributed by atoms with Gasteiger partial charge in [0.05, 0.1) is 7.11 Å². The van der Waals surface area contributed by atoms with Crippen LogP contribution in [0.3, 0.4) is 0 Å². The number of ether oxygens (including phenoxy) is 1. The van der Waals surface area contributed by atoms with E-state index >= 15 is 0 Å². The highest BCUT2D eigenvalue weighted by Crippen LogP contribution is 2.40. The zero-order chi connectivity index (χ0) is 17.9. The first kappa shape index (κ1) is 16.4. The average Bonchev–Trinajstić information content (AvgIpc) is 3.39. The van der Waals surface area contributed by atoms with E-state index in [0.717, 1.165) is 36.3 Å². The molecule has 0 atom stereocenters. The molecule has 1 aromatic heterocycles. The summed E-state index contributed by atoms with van der Waals surface area (Å²) in [5, 5.41) is 6.78. The Morgan fingerprint density at radius 1 is 1.19 bits per heavy atom. The number of hydrogen-bond donors (Lipinski definition) is 1. The van der Waals surface area contributed by atoms with Crippen LogP contribution >= 0.6 is 0 Å². The molecule has 132 valence electrons. The summed E-state index contributed by atoms with van der Waals surface area (Å²) in [5.41, 5.74) is 3.21. The number of amides is 1. The second-order valence-corrected chi connectivity index (χ2v) is 6.53. The first-order valence-electron chi connectivity index (χ1n) is 8.72. The van der Waals surface area contributed by atoms with Gasteiger partial charge in [-0.2, -0.15) is 0 Å². The van der Waals surface area contributed by atoms with Gasteiger partial charge in [0.2, 0.25) is 0 Å². The van der Waals surface area contributed by atoms with Crippen molar-refractivity contribution in [2.75, 3.05) is 12.4 Å². The van der Waals surface area contributed by atoms with Gasteiger partial charge < -0.3 is 14.6 Å². The molecule has 2 aromatic carbocycles. The lowest BCUT2D eigenvalue weighted by molar-refractivity contribution is 0.101. The Kier molecular flexibility index (Phi) is 4.44. The third-order valence-corrected chi connectivity index (χ3v) is 4.52. The van der Waals surface area contributed by atoms with Gasteiger partial charge in [-0.25, -0.2) is 0 Å². The van der Waals surface area contributed by atoms with Gasteiger partial charge in [0.1, 0.15) is 11.5 Å². The fourth-order valence-corrected chi connectivity index (χ4v) is 2.96. The standard InChI is InChI=1S/C21H20N2O3/c1-25-19-10-9-17(12-16(19)11-14-5-3-2-4-6-14)22-21(24)18-13-20(26-23-18)15-7-8-15/h2-6,9-10,12-13,15H,7-8,11H2,1H3,(H,22,24). The lowest BCUT2D eigenvalue weighted by Crippen LogP contribution is -2.12. The molecule has 0 aliphatic heterocycles. The molecule has 0 unspecified atom stereocenters. The number of hydrogen-bond acceptors (Lipinski definition) is 4. The Labute approximate surface area is 152 Å². The number of rotatable bonds is 6. The van der Waals surface area contributed by atoms with Crippen LogP contribution in [0, 0.1) is 0 Å². The summed E-state index contributed by atoms with van der Waals surface area (Å²) in [4.78, 5) is 12.4. The van der Waals surface area contributed by atoms with E-state index in [1.165, 1.54) is 5.56 Å². The average molecular weight is 348 g/mol. The summed E-state index contributed by atoms with van der Waals surface area (Å²) in [5.74, 6) is 1.76. The van der Waals surface area contributed by atoms with Crippen LogP contribution in [0.5, 0.6) is 5.75 Å². The van der Waals surface area contributed by atoms with E-state index in [2.05, 4.69) is 22.6 Å². The Hall–Kier alpha value is -3.08. The van der Waals surface area contributed by atoms with Gasteiger partial charge in [-0.05, 0) is 36.6 Å². The molecular formula is C21H20N2O3. The summed E-state index contributed by atoms with van der Waals surface area (Å²) in [6.07, 6.45) is 2.94. The third kappa shape index (κ3) is 3.61. The molecule has 1 heterocycles. The number of nitrogens with zero attached hydrogens (tertiary/aromatic N) is 1. The molecule has 4 rings (SSSR count). The second-order valence-electron chi connectivity index (χ2n) is 6.53. The van der Waals surface area contributed by atoms with Crippen molar-refractivity contribution in [3.63, 3.8) is 0 Å². The summed E-state index contributed by atoms with van der Waals surface area (Å²) in [7, 11) is 1.65. The number of carbonyl (C=O) groups excluding carboxylic acids is 1. The van der Waals surface area contributed by atoms with Crippen LogP contribution in [-0.2, 0) is 6.42 Å². The van der Waals surface area contributed by atoms with Crippen LogP contribution in [0.4, 0.5) is 5.69 Å². The minimum Gasteiger partial charge on any atom is -0.496 e. The fraction of sp³-hybridized carbons (Fsp3) is 0.238. The molecule has 1 aliphatic rings. The number of carbonyl (C=O) groups is 1. The van der Waals surface area contributed by atoms with E-state index < -0.39 is 0 Å². The van der Waals surface area contributed by atoms with Crippen molar-refractivity contribution < 1.29 is 14.1 Å². The molecule has 5 nitrogen and oxygen atoms in total. The topological polar surface area (TPSA) is 64.4 Å². The molecule has 1 saturated carbocycles. The van der Waals surface area contributed by atoms with Crippen molar-refractivity contribution in [3.8, 4) is 5.75 Å². The SMILES string of the molecule is COc1ccc(NC(=O)c2cc(C3CC3)on2)cc1Cc1ccccc1. The predicted molar refractivity (Wildman–Crippen MR) is 98.7 cm³/mol. The van der Waals surface area contributed by atoms with E-state index in [0.29, 0.717) is 17.3 Å². The summed E-state index contributed by atoms with van der Waals surface area (Å²) in [6.45, 7) is 0. The molecule has 26 heavy (non-hydrogen) atoms. The smallest absolute Gasteiger partial charge is 0.277 e. The maximum absolute atomic E-state index is 12.4. The lowest BCUT2D eigenvalue weighted by Gasteiger charge is -2.11. The van der Waals surface area contributed by atoms with Gasteiger partial charge in [-0.15, -0.1) is 0 Å². The molecular weight excluding hydrogens is 328 g/mol. The highest BCUT2D eigenvalue weighted by atomic mass is 16.5. The molecule has 0 spiro atoms. The molecule has 0 saturated heterocycles. The predicted octanol–water partition coefficient (Wildman–Crippen LogP) is 4.40. The molecule has 1 fully saturated rings. The maximum Gasteiger partial charge on any atom is 0.277 e. The van der Waals surface area contributed by atoms with Gasteiger partial charge in [0.25, 0.3) is 5.91 Å². The highest BCUT2D eigenvalue weighted by Gasteiger charge is 2.28. The van der Waals surface area contributed by atoms with Crippen LogP contribution in [-0.4, -0.2) is 18.2 Å². The van der Waals surface area contributed by atoms with Crippen molar-refractivity contribution in [2.24, 2.45) is 0 Å². The molecule has 3 aromatic rings. The molecule has 0 bridgehead atoms. The van der Waals surface area contributed by atoms with Gasteiger partial charge >= 0.3 is 0 Å². The number of methoxy groups -OCH3 is 1. The van der Waals surface area contributed by atoms with Gasteiger partial charge in [0, 0.05) is 29.7 Å². The quantitative estimate of drug-likeness (QED) is 0.717. The minimum absolute atomic E-state index is 0.267. The Morgan fingerprint density at radius 3 is 2.73 bits per heavy atom. The van der Waals surface area contributed by atoms with Crippen molar-refractivity contribution in [1.29, 1.82) is 0 Å². The number of benzene rings is 2. The van der Waals surface area contributed by atoms with Crippen LogP contribution < -0.4 is 10.1 Å². The minimum atomic E-state index is -0.267. The van der Waals surface area contributed by atoms with Crippen LogP contribution in [0.1, 0.15) is 46.1 Å². The van der Waals surface area contributed by atoms with Crippen LogP contribution in [0.15, 0.2) is 59.1 Å². The van der Waals surface area contributed by atoms with Crippen molar-refractivity contribution in [3.05, 3.63) is 77.2 Å². The van der Waals surface area contributed by atoms with E-state index in [4.69, 9.17) is 9.26 Å². The highest BCUT2D eigenvalue weighted by molar-refractivity contribution is 6.02. The molecule has 1 N–H and O–H groups in total. The van der Waals surface area contributed by atoms with E-state index in [1.54, 1.807) is 13.2 Å². The van der Waals surface area contributed by atoms with E-state index in [9.17, 15) is 4.79 Å². The Balaban J connectivity index is 1.52. The zero-order valence-corrected chi connectivity index (χ0v) is 14.6. The summed E-state index contributed by atoms with van der Waals surface area (Å²) < 4.78 is 10.7. The molecule has 1 amide bonds. The van der Waals surface area contributed by atoms with Crippen molar-refractivity contribution in [2.45, 2.75) is 25.2 Å². The zero-order valence-electron chi connectivity index (χ0n) is 14.6. The Morgan fingerprint density at radius 2 is 2.00 bits per heavy atom. The van der Waals surface area contributed by atoms with Crippen LogP contribution in [0.25, 0.3) is 0 Å². The molecule has 5 heteroatoms. The molecule has 0 radical (unpaired) electrons.